The van der Waals surface area contributed by atoms with Gasteiger partial charge in [-0.15, -0.1) is 0 Å². The third-order valence-electron chi connectivity index (χ3n) is 8.78. The lowest BCUT2D eigenvalue weighted by molar-refractivity contribution is -0.300. The van der Waals surface area contributed by atoms with Crippen LogP contribution in [0.15, 0.2) is 91.0 Å². The molecule has 5 rings (SSSR count). The molecular weight excluding hydrogens is 572 g/mol. The first kappa shape index (κ1) is 35.2. The molecule has 8 heteroatoms. The number of aliphatic hydroxyl groups is 3. The van der Waals surface area contributed by atoms with Crippen molar-refractivity contribution in [1.82, 2.24) is 0 Å². The molecule has 0 spiro atoms. The molecule has 45 heavy (non-hydrogen) atoms. The maximum atomic E-state index is 9.84. The number of hydrogen-bond acceptors (Lipinski definition) is 8. The summed E-state index contributed by atoms with van der Waals surface area (Å²) in [6.45, 7) is 9.92. The number of ether oxygens (including phenoxy) is 5. The van der Waals surface area contributed by atoms with Gasteiger partial charge in [-0.1, -0.05) is 119 Å². The Labute approximate surface area is 267 Å². The standard InChI is InChI=1S/C23H30O3.C14H20O5/c1-4-21-17(2)18(3)22(24-15-19-11-7-5-8-12-19)23(26-21)25-16-20-13-9-6-10-14-20;1-2-10-11(15)12(16)13(17)14(19-10)18-8-9-6-4-3-5-7-9/h5-14,17-18,21-23H,4,15-16H2,1-3H3;3-7,10-17H,2,8H2,1H3/t17-,18?,21?,22-,23+;10?,11-,12?,13+,14-/m01/s1. The Balaban J connectivity index is 0.000000215. The third kappa shape index (κ3) is 9.91. The molecule has 2 aliphatic rings. The Morgan fingerprint density at radius 3 is 1.40 bits per heavy atom. The highest BCUT2D eigenvalue weighted by atomic mass is 16.7. The first-order valence-corrected chi connectivity index (χ1v) is 16.1. The molecule has 3 N–H and O–H groups in total. The van der Waals surface area contributed by atoms with Gasteiger partial charge in [0.15, 0.2) is 12.6 Å². The van der Waals surface area contributed by atoms with Crippen LogP contribution in [0.5, 0.6) is 0 Å². The fourth-order valence-corrected chi connectivity index (χ4v) is 5.76. The first-order valence-electron chi connectivity index (χ1n) is 16.1. The molecule has 0 aliphatic carbocycles. The van der Waals surface area contributed by atoms with Crippen LogP contribution in [-0.4, -0.2) is 64.5 Å². The van der Waals surface area contributed by atoms with E-state index in [2.05, 4.69) is 45.0 Å². The molecule has 246 valence electrons. The summed E-state index contributed by atoms with van der Waals surface area (Å²) in [4.78, 5) is 0. The van der Waals surface area contributed by atoms with Crippen LogP contribution >= 0.6 is 0 Å². The highest BCUT2D eigenvalue weighted by Gasteiger charge is 2.44. The molecule has 0 aromatic heterocycles. The minimum Gasteiger partial charge on any atom is -0.388 e. The Bertz CT molecular complexity index is 1210. The van der Waals surface area contributed by atoms with Gasteiger partial charge in [0.25, 0.3) is 0 Å². The minimum absolute atomic E-state index is 0.0725. The second kappa shape index (κ2) is 17.9. The average molecular weight is 623 g/mol. The largest absolute Gasteiger partial charge is 0.388 e. The fourth-order valence-electron chi connectivity index (χ4n) is 5.76. The van der Waals surface area contributed by atoms with Gasteiger partial charge in [-0.2, -0.15) is 0 Å². The summed E-state index contributed by atoms with van der Waals surface area (Å²) in [6.07, 6.45) is -3.72. The smallest absolute Gasteiger partial charge is 0.186 e. The Hall–Kier alpha value is -2.66. The number of benzene rings is 3. The predicted molar refractivity (Wildman–Crippen MR) is 172 cm³/mol. The summed E-state index contributed by atoms with van der Waals surface area (Å²) in [5, 5.41) is 29.3. The molecule has 0 amide bonds. The Morgan fingerprint density at radius 2 is 0.933 bits per heavy atom. The van der Waals surface area contributed by atoms with Crippen LogP contribution in [0.1, 0.15) is 57.2 Å². The lowest BCUT2D eigenvalue weighted by atomic mass is 9.82. The highest BCUT2D eigenvalue weighted by Crippen LogP contribution is 2.35. The molecule has 0 saturated carbocycles. The summed E-state index contributed by atoms with van der Waals surface area (Å²) >= 11 is 0. The van der Waals surface area contributed by atoms with Gasteiger partial charge < -0.3 is 39.0 Å². The van der Waals surface area contributed by atoms with Crippen LogP contribution in [0, 0.1) is 11.8 Å². The number of aliphatic hydroxyl groups excluding tert-OH is 3. The van der Waals surface area contributed by atoms with Gasteiger partial charge in [-0.05, 0) is 41.4 Å². The number of hydrogen-bond donors (Lipinski definition) is 3. The molecular formula is C37H50O8. The van der Waals surface area contributed by atoms with Crippen molar-refractivity contribution in [1.29, 1.82) is 0 Å². The van der Waals surface area contributed by atoms with Crippen molar-refractivity contribution in [2.24, 2.45) is 11.8 Å². The van der Waals surface area contributed by atoms with E-state index in [1.165, 1.54) is 5.56 Å². The van der Waals surface area contributed by atoms with Crippen LogP contribution in [0.2, 0.25) is 0 Å². The average Bonchev–Trinajstić information content (AvgIpc) is 3.08. The summed E-state index contributed by atoms with van der Waals surface area (Å²) < 4.78 is 29.7. The zero-order chi connectivity index (χ0) is 32.2. The minimum atomic E-state index is -1.25. The monoisotopic (exact) mass is 622 g/mol. The summed E-state index contributed by atoms with van der Waals surface area (Å²) in [6, 6.07) is 30.0. The summed E-state index contributed by atoms with van der Waals surface area (Å²) in [5.74, 6) is 0.815. The van der Waals surface area contributed by atoms with Crippen LogP contribution in [0.3, 0.4) is 0 Å². The first-order chi connectivity index (χ1) is 21.8. The molecule has 4 unspecified atom stereocenters. The zero-order valence-electron chi connectivity index (χ0n) is 26.9. The van der Waals surface area contributed by atoms with Crippen LogP contribution < -0.4 is 0 Å². The molecule has 2 heterocycles. The molecule has 8 nitrogen and oxygen atoms in total. The van der Waals surface area contributed by atoms with E-state index in [-0.39, 0.29) is 25.1 Å². The molecule has 2 fully saturated rings. The number of rotatable bonds is 11. The molecule has 3 aromatic rings. The fraction of sp³-hybridized carbons (Fsp3) is 0.514. The van der Waals surface area contributed by atoms with Gasteiger partial charge in [-0.3, -0.25) is 0 Å². The molecule has 0 radical (unpaired) electrons. The molecule has 2 aliphatic heterocycles. The lowest BCUT2D eigenvalue weighted by Crippen LogP contribution is -2.57. The highest BCUT2D eigenvalue weighted by molar-refractivity contribution is 5.15. The maximum Gasteiger partial charge on any atom is 0.186 e. The van der Waals surface area contributed by atoms with E-state index in [4.69, 9.17) is 23.7 Å². The van der Waals surface area contributed by atoms with Gasteiger partial charge >= 0.3 is 0 Å². The summed E-state index contributed by atoms with van der Waals surface area (Å²) in [5.41, 5.74) is 3.27. The predicted octanol–water partition coefficient (Wildman–Crippen LogP) is 5.62. The van der Waals surface area contributed by atoms with E-state index < -0.39 is 30.7 Å². The van der Waals surface area contributed by atoms with Crippen LogP contribution in [0.4, 0.5) is 0 Å². The van der Waals surface area contributed by atoms with Gasteiger partial charge in [0.1, 0.15) is 24.4 Å². The van der Waals surface area contributed by atoms with E-state index >= 15 is 0 Å². The maximum absolute atomic E-state index is 9.84. The molecule has 0 bridgehead atoms. The van der Waals surface area contributed by atoms with Crippen molar-refractivity contribution in [2.75, 3.05) is 0 Å². The van der Waals surface area contributed by atoms with Crippen molar-refractivity contribution < 1.29 is 39.0 Å². The SMILES string of the molecule is CCC1O[C@@H](OCc2ccccc2)[C@@H](O)C(O)[C@@H]1O.CCC1O[C@@H](OCc2ccccc2)[C@@H](OCc2ccccc2)C(C)[C@@H]1C. The van der Waals surface area contributed by atoms with Gasteiger partial charge in [0.2, 0.25) is 0 Å². The Morgan fingerprint density at radius 1 is 0.511 bits per heavy atom. The quantitative estimate of drug-likeness (QED) is 0.253. The Kier molecular flexibility index (Phi) is 14.0. The normalized spacial score (nSPS) is 31.5. The zero-order valence-corrected chi connectivity index (χ0v) is 26.9. The van der Waals surface area contributed by atoms with E-state index in [9.17, 15) is 15.3 Å². The molecule has 3 aromatic carbocycles. The van der Waals surface area contributed by atoms with E-state index in [1.807, 2.05) is 73.7 Å². The van der Waals surface area contributed by atoms with Crippen molar-refractivity contribution in [2.45, 2.75) is 110 Å². The third-order valence-corrected chi connectivity index (χ3v) is 8.78. The van der Waals surface area contributed by atoms with E-state index in [0.717, 1.165) is 17.5 Å². The van der Waals surface area contributed by atoms with Gasteiger partial charge in [0, 0.05) is 0 Å². The second-order valence-corrected chi connectivity index (χ2v) is 11.9. The van der Waals surface area contributed by atoms with E-state index in [1.54, 1.807) is 0 Å². The molecule has 2 saturated heterocycles. The summed E-state index contributed by atoms with van der Waals surface area (Å²) in [7, 11) is 0. The second-order valence-electron chi connectivity index (χ2n) is 11.9. The van der Waals surface area contributed by atoms with Crippen LogP contribution in [-0.2, 0) is 43.5 Å². The lowest BCUT2D eigenvalue weighted by Gasteiger charge is -2.44. The van der Waals surface area contributed by atoms with Gasteiger partial charge in [-0.25, -0.2) is 0 Å². The van der Waals surface area contributed by atoms with Crippen LogP contribution in [0.25, 0.3) is 0 Å². The van der Waals surface area contributed by atoms with Crippen molar-refractivity contribution >= 4 is 0 Å². The van der Waals surface area contributed by atoms with Crippen molar-refractivity contribution in [3.63, 3.8) is 0 Å². The topological polar surface area (TPSA) is 107 Å². The van der Waals surface area contributed by atoms with Crippen molar-refractivity contribution in [3.8, 4) is 0 Å². The van der Waals surface area contributed by atoms with E-state index in [0.29, 0.717) is 31.5 Å². The molecule has 10 atom stereocenters. The van der Waals surface area contributed by atoms with Gasteiger partial charge in [0.05, 0.1) is 32.0 Å². The van der Waals surface area contributed by atoms with Crippen molar-refractivity contribution in [3.05, 3.63) is 108 Å².